The number of thiazole rings is 1. The Kier molecular flexibility index (Phi) is 3.23. The van der Waals surface area contributed by atoms with E-state index in [1.165, 1.54) is 23.3 Å². The van der Waals surface area contributed by atoms with Crippen molar-refractivity contribution in [2.75, 3.05) is 13.1 Å². The van der Waals surface area contributed by atoms with Gasteiger partial charge < -0.3 is 9.64 Å². The molecule has 1 aromatic heterocycles. The van der Waals surface area contributed by atoms with Crippen molar-refractivity contribution in [3.05, 3.63) is 69.9 Å². The molecule has 0 saturated carbocycles. The quantitative estimate of drug-likeness (QED) is 0.701. The molecule has 0 N–H and O–H groups in total. The second-order valence-corrected chi connectivity index (χ2v) is 8.40. The lowest BCUT2D eigenvalue weighted by Crippen LogP contribution is -2.40. The molecule has 0 bridgehead atoms. The third-order valence-electron chi connectivity index (χ3n) is 5.76. The first-order valence-electron chi connectivity index (χ1n) is 9.47. The van der Waals surface area contributed by atoms with Gasteiger partial charge in [0.2, 0.25) is 0 Å². The van der Waals surface area contributed by atoms with Crippen LogP contribution in [0, 0.1) is 0 Å². The van der Waals surface area contributed by atoms with Crippen molar-refractivity contribution in [3.8, 4) is 0 Å². The number of nitrogens with zero attached hydrogens (tertiary/aromatic N) is 2. The predicted molar refractivity (Wildman–Crippen MR) is 106 cm³/mol. The number of hydrogen-bond acceptors (Lipinski definition) is 5. The molecule has 0 spiro atoms. The van der Waals surface area contributed by atoms with Crippen LogP contribution in [0.3, 0.4) is 0 Å². The molecule has 0 amide bonds. The van der Waals surface area contributed by atoms with Crippen LogP contribution in [0.5, 0.6) is 0 Å². The third kappa shape index (κ3) is 2.28. The number of hydrogen-bond donors (Lipinski definition) is 0. The summed E-state index contributed by atoms with van der Waals surface area (Å²) in [5.41, 5.74) is 6.84. The number of rotatable bonds is 1. The topological polar surface area (TPSA) is 42.4 Å². The summed E-state index contributed by atoms with van der Waals surface area (Å²) < 4.78 is 6.95. The minimum atomic E-state index is -0.302. The molecule has 0 radical (unpaired) electrons. The highest BCUT2D eigenvalue weighted by molar-refractivity contribution is 7.19. The third-order valence-corrected chi connectivity index (χ3v) is 6.83. The molecule has 4 aliphatic rings. The number of esters is 1. The number of carbonyl (C=O) groups is 1. The van der Waals surface area contributed by atoms with Gasteiger partial charge in [-0.3, -0.25) is 0 Å². The first kappa shape index (κ1) is 15.4. The van der Waals surface area contributed by atoms with E-state index in [1.54, 1.807) is 17.4 Å². The number of carbonyl (C=O) groups excluding carboxylic acids is 1. The zero-order valence-corrected chi connectivity index (χ0v) is 15.6. The molecule has 0 saturated heterocycles. The van der Waals surface area contributed by atoms with Crippen molar-refractivity contribution < 1.29 is 9.53 Å². The Morgan fingerprint density at radius 1 is 1.15 bits per heavy atom. The fourth-order valence-corrected chi connectivity index (χ4v) is 5.63. The first-order chi connectivity index (χ1) is 13.3. The first-order valence-corrected chi connectivity index (χ1v) is 10.3. The lowest BCUT2D eigenvalue weighted by molar-refractivity contribution is -0.140. The molecule has 6 rings (SSSR count). The molecule has 1 atom stereocenters. The summed E-state index contributed by atoms with van der Waals surface area (Å²) in [6.07, 6.45) is 9.12. The second-order valence-electron chi connectivity index (χ2n) is 7.37. The number of fused-ring (bicyclic) bond motifs is 3. The molecular formula is C22H18N2O2S. The molecule has 27 heavy (non-hydrogen) atoms. The highest BCUT2D eigenvalue weighted by Crippen LogP contribution is 2.46. The maximum atomic E-state index is 12.4. The molecule has 5 heteroatoms. The minimum absolute atomic E-state index is 0.274. The van der Waals surface area contributed by atoms with Crippen molar-refractivity contribution in [1.29, 1.82) is 0 Å². The minimum Gasteiger partial charge on any atom is -0.449 e. The van der Waals surface area contributed by atoms with Crippen molar-refractivity contribution in [1.82, 2.24) is 9.88 Å². The van der Waals surface area contributed by atoms with Gasteiger partial charge in [0.05, 0.1) is 10.2 Å². The van der Waals surface area contributed by atoms with E-state index in [2.05, 4.69) is 23.1 Å². The largest absolute Gasteiger partial charge is 0.449 e. The monoisotopic (exact) mass is 374 g/mol. The van der Waals surface area contributed by atoms with Crippen LogP contribution in [0.4, 0.5) is 0 Å². The summed E-state index contributed by atoms with van der Waals surface area (Å²) in [4.78, 5) is 19.7. The summed E-state index contributed by atoms with van der Waals surface area (Å²) in [6, 6.07) is 8.12. The van der Waals surface area contributed by atoms with E-state index < -0.39 is 0 Å². The van der Waals surface area contributed by atoms with Crippen LogP contribution in [0.15, 0.2) is 64.9 Å². The number of benzene rings is 1. The van der Waals surface area contributed by atoms with Gasteiger partial charge in [-0.05, 0) is 43.0 Å². The van der Waals surface area contributed by atoms with Gasteiger partial charge in [0.1, 0.15) is 5.01 Å². The van der Waals surface area contributed by atoms with Gasteiger partial charge in [-0.25, -0.2) is 9.78 Å². The highest BCUT2D eigenvalue weighted by Gasteiger charge is 2.40. The molecule has 4 nitrogen and oxygen atoms in total. The summed E-state index contributed by atoms with van der Waals surface area (Å²) >= 11 is 1.64. The van der Waals surface area contributed by atoms with Gasteiger partial charge in [0.15, 0.2) is 6.10 Å². The lowest BCUT2D eigenvalue weighted by Gasteiger charge is -2.43. The summed E-state index contributed by atoms with van der Waals surface area (Å²) in [5, 5.41) is 0.900. The fourth-order valence-electron chi connectivity index (χ4n) is 4.63. The van der Waals surface area contributed by atoms with E-state index in [1.807, 2.05) is 18.2 Å². The number of para-hydroxylation sites is 1. The van der Waals surface area contributed by atoms with Crippen molar-refractivity contribution in [2.45, 2.75) is 25.4 Å². The lowest BCUT2D eigenvalue weighted by atomic mass is 9.79. The maximum Gasteiger partial charge on any atom is 0.332 e. The van der Waals surface area contributed by atoms with Gasteiger partial charge in [-0.1, -0.05) is 18.2 Å². The predicted octanol–water partition coefficient (Wildman–Crippen LogP) is 4.23. The number of ether oxygens (including phenoxy) is 1. The smallest absolute Gasteiger partial charge is 0.332 e. The van der Waals surface area contributed by atoms with Crippen molar-refractivity contribution in [2.24, 2.45) is 0 Å². The Morgan fingerprint density at radius 3 is 3.00 bits per heavy atom. The normalized spacial score (nSPS) is 24.0. The van der Waals surface area contributed by atoms with Gasteiger partial charge in [-0.15, -0.1) is 11.3 Å². The molecule has 3 aliphatic heterocycles. The van der Waals surface area contributed by atoms with E-state index in [4.69, 9.17) is 9.72 Å². The second kappa shape index (κ2) is 5.67. The van der Waals surface area contributed by atoms with Crippen LogP contribution < -0.4 is 0 Å². The van der Waals surface area contributed by atoms with Crippen molar-refractivity contribution in [3.63, 3.8) is 0 Å². The van der Waals surface area contributed by atoms with Crippen LogP contribution in [-0.2, 0) is 9.53 Å². The van der Waals surface area contributed by atoms with Crippen LogP contribution in [0.1, 0.15) is 24.3 Å². The van der Waals surface area contributed by atoms with E-state index in [0.29, 0.717) is 0 Å². The van der Waals surface area contributed by atoms with Crippen LogP contribution in [0.25, 0.3) is 15.8 Å². The Morgan fingerprint density at radius 2 is 2.07 bits per heavy atom. The Hall–Kier alpha value is -2.66. The summed E-state index contributed by atoms with van der Waals surface area (Å²) in [7, 11) is 0. The van der Waals surface area contributed by atoms with E-state index >= 15 is 0 Å². The SMILES string of the molecule is O=C1C=C(c2nc3ccccc3s2)C2=CC3=C4C(=CCCN4CCC3)C2O1. The zero-order valence-electron chi connectivity index (χ0n) is 14.8. The Labute approximate surface area is 161 Å². The standard InChI is InChI=1S/C22H18N2O2S/c25-19-12-16(22-23-17-7-1-2-8-18(17)27-22)15-11-13-5-3-9-24-10-4-6-14(20(13)24)21(15)26-19/h1-2,6-8,11-12,21H,3-5,9-10H2. The van der Waals surface area contributed by atoms with E-state index in [0.717, 1.165) is 52.3 Å². The fraction of sp³-hybridized carbons (Fsp3) is 0.273. The molecular weight excluding hydrogens is 356 g/mol. The molecule has 134 valence electrons. The van der Waals surface area contributed by atoms with Crippen LogP contribution >= 0.6 is 11.3 Å². The van der Waals surface area contributed by atoms with Gasteiger partial charge in [0.25, 0.3) is 0 Å². The average molecular weight is 374 g/mol. The Balaban J connectivity index is 1.55. The molecule has 0 fully saturated rings. The number of allylic oxidation sites excluding steroid dienone is 2. The number of aromatic nitrogens is 1. The van der Waals surface area contributed by atoms with Gasteiger partial charge in [0, 0.05) is 41.6 Å². The zero-order chi connectivity index (χ0) is 18.0. The van der Waals surface area contributed by atoms with Crippen LogP contribution in [-0.4, -0.2) is 35.0 Å². The molecule has 1 unspecified atom stereocenters. The molecule has 1 aromatic carbocycles. The molecule has 2 aromatic rings. The molecule has 4 heterocycles. The van der Waals surface area contributed by atoms with Crippen LogP contribution in [0.2, 0.25) is 0 Å². The van der Waals surface area contributed by atoms with Gasteiger partial charge >= 0.3 is 5.97 Å². The maximum absolute atomic E-state index is 12.4. The average Bonchev–Trinajstić information content (AvgIpc) is 3.12. The highest BCUT2D eigenvalue weighted by atomic mass is 32.1. The van der Waals surface area contributed by atoms with E-state index in [-0.39, 0.29) is 12.1 Å². The Bertz CT molecular complexity index is 1090. The van der Waals surface area contributed by atoms with Crippen molar-refractivity contribution >= 4 is 33.1 Å². The van der Waals surface area contributed by atoms with Gasteiger partial charge in [-0.2, -0.15) is 0 Å². The summed E-state index contributed by atoms with van der Waals surface area (Å²) in [6.45, 7) is 2.16. The summed E-state index contributed by atoms with van der Waals surface area (Å²) in [5.74, 6) is -0.274. The van der Waals surface area contributed by atoms with E-state index in [9.17, 15) is 4.79 Å². The molecule has 1 aliphatic carbocycles.